The van der Waals surface area contributed by atoms with Gasteiger partial charge in [-0.2, -0.15) is 0 Å². The highest BCUT2D eigenvalue weighted by Crippen LogP contribution is 2.37. The molecule has 0 N–H and O–H groups in total. The molecule has 0 saturated carbocycles. The summed E-state index contributed by atoms with van der Waals surface area (Å²) in [7, 11) is 2.15. The van der Waals surface area contributed by atoms with Crippen molar-refractivity contribution in [1.29, 1.82) is 0 Å². The summed E-state index contributed by atoms with van der Waals surface area (Å²) in [6.07, 6.45) is 2.31. The van der Waals surface area contributed by atoms with E-state index in [0.717, 1.165) is 14.2 Å². The van der Waals surface area contributed by atoms with Crippen LogP contribution in [0.3, 0.4) is 0 Å². The highest BCUT2D eigenvalue weighted by atomic mass is 16.6. The van der Waals surface area contributed by atoms with Crippen LogP contribution in [0.15, 0.2) is 24.9 Å². The molecular weight excluding hydrogens is 292 g/mol. The van der Waals surface area contributed by atoms with E-state index >= 15 is 0 Å². The molecule has 1 aromatic heterocycles. The molecule has 8 heteroatoms. The molecule has 0 saturated heterocycles. The number of carbonyl (C=O) groups is 2. The lowest BCUT2D eigenvalue weighted by atomic mass is 9.79. The molecule has 0 radical (unpaired) electrons. The first-order chi connectivity index (χ1) is 10.4. The number of nitro groups is 1. The maximum atomic E-state index is 12.3. The Morgan fingerprint density at radius 3 is 2.36 bits per heavy atom. The van der Waals surface area contributed by atoms with Gasteiger partial charge in [0.05, 0.1) is 19.1 Å². The highest BCUT2D eigenvalue weighted by Gasteiger charge is 2.54. The van der Waals surface area contributed by atoms with Gasteiger partial charge in [0.1, 0.15) is 5.69 Å². The molecular formula is C14H16N2O6. The van der Waals surface area contributed by atoms with E-state index in [0.29, 0.717) is 0 Å². The fraction of sp³-hybridized carbons (Fsp3) is 0.357. The number of ether oxygens (including phenoxy) is 2. The fourth-order valence-corrected chi connectivity index (χ4v) is 2.20. The first kappa shape index (κ1) is 17.3. The van der Waals surface area contributed by atoms with Gasteiger partial charge in [-0.1, -0.05) is 6.08 Å². The van der Waals surface area contributed by atoms with Gasteiger partial charge in [0.2, 0.25) is 5.41 Å². The third-order valence-electron chi connectivity index (χ3n) is 3.23. The zero-order valence-corrected chi connectivity index (χ0v) is 12.5. The zero-order chi connectivity index (χ0) is 16.9. The quantitative estimate of drug-likeness (QED) is 0.257. The number of nitrogens with zero attached hydrogens (tertiary/aromatic N) is 2. The SMILES string of the molecule is C=CCC(C(=O)OC)(C(=O)OC)c1nccc(C)c1[N+](=O)[O-]. The zero-order valence-electron chi connectivity index (χ0n) is 12.5. The van der Waals surface area contributed by atoms with Gasteiger partial charge < -0.3 is 9.47 Å². The molecule has 8 nitrogen and oxygen atoms in total. The van der Waals surface area contributed by atoms with Gasteiger partial charge in [-0.3, -0.25) is 24.7 Å². The highest BCUT2D eigenvalue weighted by molar-refractivity contribution is 6.07. The molecule has 0 bridgehead atoms. The van der Waals surface area contributed by atoms with Crippen molar-refractivity contribution in [2.75, 3.05) is 14.2 Å². The van der Waals surface area contributed by atoms with E-state index in [4.69, 9.17) is 0 Å². The maximum Gasteiger partial charge on any atom is 0.330 e. The lowest BCUT2D eigenvalue weighted by Gasteiger charge is -2.26. The third-order valence-corrected chi connectivity index (χ3v) is 3.23. The topological polar surface area (TPSA) is 109 Å². The number of allylic oxidation sites excluding steroid dienone is 1. The summed E-state index contributed by atoms with van der Waals surface area (Å²) < 4.78 is 9.34. The minimum atomic E-state index is -2.07. The van der Waals surface area contributed by atoms with E-state index in [2.05, 4.69) is 21.0 Å². The lowest BCUT2D eigenvalue weighted by Crippen LogP contribution is -2.46. The van der Waals surface area contributed by atoms with Crippen LogP contribution in [-0.4, -0.2) is 36.1 Å². The largest absolute Gasteiger partial charge is 0.468 e. The van der Waals surface area contributed by atoms with Gasteiger partial charge in [0.25, 0.3) is 5.69 Å². The monoisotopic (exact) mass is 308 g/mol. The maximum absolute atomic E-state index is 12.3. The Labute approximate surface area is 126 Å². The Morgan fingerprint density at radius 2 is 1.95 bits per heavy atom. The summed E-state index contributed by atoms with van der Waals surface area (Å²) in [5, 5.41) is 11.4. The van der Waals surface area contributed by atoms with Crippen molar-refractivity contribution in [3.63, 3.8) is 0 Å². The Kier molecular flexibility index (Phi) is 5.33. The second-order valence-corrected chi connectivity index (χ2v) is 4.46. The number of methoxy groups -OCH3 is 2. The summed E-state index contributed by atoms with van der Waals surface area (Å²) in [4.78, 5) is 39.1. The number of aromatic nitrogens is 1. The third kappa shape index (κ3) is 2.67. The van der Waals surface area contributed by atoms with Gasteiger partial charge in [0, 0.05) is 11.8 Å². The molecule has 0 aliphatic rings. The summed E-state index contributed by atoms with van der Waals surface area (Å²) in [6.45, 7) is 4.97. The first-order valence-electron chi connectivity index (χ1n) is 6.25. The van der Waals surface area contributed by atoms with E-state index < -0.39 is 28.0 Å². The summed E-state index contributed by atoms with van der Waals surface area (Å²) >= 11 is 0. The Hall–Kier alpha value is -2.77. The van der Waals surface area contributed by atoms with Crippen LogP contribution in [0.5, 0.6) is 0 Å². The van der Waals surface area contributed by atoms with Crippen molar-refractivity contribution in [3.8, 4) is 0 Å². The number of esters is 2. The molecule has 0 aliphatic carbocycles. The fourth-order valence-electron chi connectivity index (χ4n) is 2.20. The van der Waals surface area contributed by atoms with Crippen molar-refractivity contribution in [3.05, 3.63) is 46.3 Å². The first-order valence-corrected chi connectivity index (χ1v) is 6.25. The normalized spacial score (nSPS) is 10.7. The predicted molar refractivity (Wildman–Crippen MR) is 76.2 cm³/mol. The average Bonchev–Trinajstić information content (AvgIpc) is 2.50. The number of carbonyl (C=O) groups excluding carboxylic acids is 2. The van der Waals surface area contributed by atoms with E-state index in [9.17, 15) is 19.7 Å². The van der Waals surface area contributed by atoms with Crippen LogP contribution in [0.25, 0.3) is 0 Å². The molecule has 1 aromatic rings. The molecule has 22 heavy (non-hydrogen) atoms. The molecule has 1 heterocycles. The molecule has 118 valence electrons. The molecule has 0 aliphatic heterocycles. The van der Waals surface area contributed by atoms with Gasteiger partial charge >= 0.3 is 11.9 Å². The summed E-state index contributed by atoms with van der Waals surface area (Å²) in [5.41, 5.74) is -2.56. The molecule has 0 aromatic carbocycles. The molecule has 1 rings (SSSR count). The van der Waals surface area contributed by atoms with Crippen LogP contribution in [-0.2, 0) is 24.5 Å². The second-order valence-electron chi connectivity index (χ2n) is 4.46. The number of aryl methyl sites for hydroxylation is 1. The van der Waals surface area contributed by atoms with Crippen molar-refractivity contribution in [2.24, 2.45) is 0 Å². The van der Waals surface area contributed by atoms with Crippen LogP contribution >= 0.6 is 0 Å². The minimum absolute atomic E-state index is 0.246. The number of rotatable bonds is 6. The van der Waals surface area contributed by atoms with Crippen molar-refractivity contribution in [2.45, 2.75) is 18.8 Å². The molecule has 0 unspecified atom stereocenters. The predicted octanol–water partition coefficient (Wildman–Crippen LogP) is 1.46. The number of pyridine rings is 1. The number of hydrogen-bond donors (Lipinski definition) is 0. The number of hydrogen-bond acceptors (Lipinski definition) is 7. The Balaban J connectivity index is 3.83. The lowest BCUT2D eigenvalue weighted by molar-refractivity contribution is -0.386. The Morgan fingerprint density at radius 1 is 1.41 bits per heavy atom. The average molecular weight is 308 g/mol. The van der Waals surface area contributed by atoms with Crippen LogP contribution < -0.4 is 0 Å². The summed E-state index contributed by atoms with van der Waals surface area (Å²) in [5.74, 6) is -2.00. The van der Waals surface area contributed by atoms with E-state index in [1.54, 1.807) is 0 Å². The van der Waals surface area contributed by atoms with Gasteiger partial charge in [-0.25, -0.2) is 0 Å². The molecule has 0 fully saturated rings. The van der Waals surface area contributed by atoms with E-state index in [-0.39, 0.29) is 17.7 Å². The van der Waals surface area contributed by atoms with E-state index in [1.165, 1.54) is 25.3 Å². The van der Waals surface area contributed by atoms with Crippen molar-refractivity contribution in [1.82, 2.24) is 4.98 Å². The van der Waals surface area contributed by atoms with Gasteiger partial charge in [-0.05, 0) is 19.4 Å². The molecule has 0 atom stereocenters. The van der Waals surface area contributed by atoms with Crippen LogP contribution in [0.4, 0.5) is 5.69 Å². The molecule has 0 amide bonds. The van der Waals surface area contributed by atoms with E-state index in [1.807, 2.05) is 0 Å². The van der Waals surface area contributed by atoms with Crippen molar-refractivity contribution < 1.29 is 24.0 Å². The minimum Gasteiger partial charge on any atom is -0.468 e. The smallest absolute Gasteiger partial charge is 0.330 e. The second kappa shape index (κ2) is 6.79. The Bertz CT molecular complexity index is 610. The standard InChI is InChI=1S/C14H16N2O6/c1-5-7-14(12(17)21-3,13(18)22-4)11-10(16(19)20)9(2)6-8-15-11/h5-6,8H,1,7H2,2-4H3. The molecule has 0 spiro atoms. The van der Waals surface area contributed by atoms with Crippen molar-refractivity contribution >= 4 is 17.6 Å². The summed E-state index contributed by atoms with van der Waals surface area (Å²) in [6, 6.07) is 1.41. The van der Waals surface area contributed by atoms with Gasteiger partial charge in [-0.15, -0.1) is 6.58 Å². The van der Waals surface area contributed by atoms with Crippen LogP contribution in [0, 0.1) is 17.0 Å². The van der Waals surface area contributed by atoms with Crippen LogP contribution in [0.1, 0.15) is 17.7 Å². The van der Waals surface area contributed by atoms with Crippen LogP contribution in [0.2, 0.25) is 0 Å². The van der Waals surface area contributed by atoms with Gasteiger partial charge in [0.15, 0.2) is 0 Å².